The molecule has 1 amide bonds. The van der Waals surface area contributed by atoms with Gasteiger partial charge in [0.1, 0.15) is 10.0 Å². The third kappa shape index (κ3) is 5.01. The average molecular weight is 474 g/mol. The van der Waals surface area contributed by atoms with Gasteiger partial charge in [-0.3, -0.25) is 4.79 Å². The largest absolute Gasteiger partial charge is 0.356 e. The minimum atomic E-state index is -3.71. The molecule has 0 spiro atoms. The molecular weight excluding hydrogens is 450 g/mol. The number of halogens is 1. The number of nitrogens with zero attached hydrogens (tertiary/aromatic N) is 4. The molecule has 4 rings (SSSR count). The summed E-state index contributed by atoms with van der Waals surface area (Å²) >= 11 is 5.96. The number of sulfonamides is 1. The Morgan fingerprint density at radius 1 is 1.09 bits per heavy atom. The van der Waals surface area contributed by atoms with E-state index in [0.29, 0.717) is 19.4 Å². The van der Waals surface area contributed by atoms with Gasteiger partial charge in [-0.05, 0) is 55.2 Å². The molecule has 0 bridgehead atoms. The fourth-order valence-electron chi connectivity index (χ4n) is 3.77. The lowest BCUT2D eigenvalue weighted by Gasteiger charge is -2.30. The van der Waals surface area contributed by atoms with Crippen LogP contribution < -0.4 is 5.32 Å². The van der Waals surface area contributed by atoms with Crippen LogP contribution in [0.4, 0.5) is 0 Å². The van der Waals surface area contributed by atoms with Gasteiger partial charge in [-0.15, -0.1) is 0 Å². The van der Waals surface area contributed by atoms with Gasteiger partial charge in [0.05, 0.1) is 5.69 Å². The highest BCUT2D eigenvalue weighted by Gasteiger charge is 2.33. The molecule has 8 nitrogen and oxygen atoms in total. The normalized spacial score (nSPS) is 15.5. The minimum absolute atomic E-state index is 0.00291. The smallest absolute Gasteiger partial charge is 0.246 e. The molecule has 0 radical (unpaired) electrons. The van der Waals surface area contributed by atoms with Gasteiger partial charge in [0.25, 0.3) is 0 Å². The lowest BCUT2D eigenvalue weighted by atomic mass is 9.97. The molecule has 0 atom stereocenters. The second kappa shape index (κ2) is 9.81. The number of rotatable bonds is 7. The van der Waals surface area contributed by atoms with E-state index in [1.807, 2.05) is 36.5 Å². The van der Waals surface area contributed by atoms with Crippen LogP contribution in [0, 0.1) is 5.92 Å². The van der Waals surface area contributed by atoms with E-state index in [9.17, 15) is 13.2 Å². The molecule has 0 unspecified atom stereocenters. The predicted octanol–water partition coefficient (Wildman–Crippen LogP) is 2.68. The molecule has 0 aliphatic carbocycles. The number of benzene rings is 1. The van der Waals surface area contributed by atoms with Gasteiger partial charge in [0.2, 0.25) is 15.9 Å². The quantitative estimate of drug-likeness (QED) is 0.532. The van der Waals surface area contributed by atoms with Crippen molar-refractivity contribution in [2.45, 2.75) is 24.2 Å². The van der Waals surface area contributed by atoms with E-state index in [4.69, 9.17) is 11.6 Å². The van der Waals surface area contributed by atoms with E-state index in [-0.39, 0.29) is 35.0 Å². The molecule has 3 aromatic rings. The summed E-state index contributed by atoms with van der Waals surface area (Å²) in [6, 6.07) is 12.9. The number of carbonyl (C=O) groups is 1. The van der Waals surface area contributed by atoms with E-state index in [1.54, 1.807) is 16.9 Å². The molecule has 1 fully saturated rings. The van der Waals surface area contributed by atoms with Crippen LogP contribution in [0.25, 0.3) is 5.69 Å². The zero-order chi connectivity index (χ0) is 22.6. The summed E-state index contributed by atoms with van der Waals surface area (Å²) in [5.74, 6) is -0.234. The van der Waals surface area contributed by atoms with Crippen LogP contribution in [-0.2, 0) is 21.2 Å². The van der Waals surface area contributed by atoms with E-state index in [0.717, 1.165) is 17.7 Å². The van der Waals surface area contributed by atoms with Gasteiger partial charge < -0.3 is 5.32 Å². The molecule has 3 heterocycles. The molecule has 168 valence electrons. The highest BCUT2D eigenvalue weighted by molar-refractivity contribution is 7.89. The van der Waals surface area contributed by atoms with Crippen molar-refractivity contribution < 1.29 is 13.2 Å². The van der Waals surface area contributed by atoms with Crippen molar-refractivity contribution in [3.8, 4) is 5.69 Å². The van der Waals surface area contributed by atoms with Crippen molar-refractivity contribution in [3.05, 3.63) is 71.8 Å². The number of nitrogens with one attached hydrogen (secondary N) is 1. The molecule has 32 heavy (non-hydrogen) atoms. The van der Waals surface area contributed by atoms with Crippen LogP contribution >= 0.6 is 11.6 Å². The Kier molecular flexibility index (Phi) is 6.88. The van der Waals surface area contributed by atoms with Crippen molar-refractivity contribution in [2.75, 3.05) is 19.6 Å². The third-order valence-electron chi connectivity index (χ3n) is 5.59. The number of aromatic nitrogens is 3. The summed E-state index contributed by atoms with van der Waals surface area (Å²) in [5, 5.41) is 7.15. The van der Waals surface area contributed by atoms with Crippen molar-refractivity contribution >= 4 is 27.5 Å². The topological polar surface area (TPSA) is 97.2 Å². The maximum atomic E-state index is 12.8. The van der Waals surface area contributed by atoms with E-state index in [1.165, 1.54) is 16.6 Å². The van der Waals surface area contributed by atoms with Crippen LogP contribution in [0.3, 0.4) is 0 Å². The molecule has 1 N–H and O–H groups in total. The lowest BCUT2D eigenvalue weighted by Crippen LogP contribution is -2.43. The Hall–Kier alpha value is -2.75. The summed E-state index contributed by atoms with van der Waals surface area (Å²) < 4.78 is 28.8. The molecule has 2 aromatic heterocycles. The summed E-state index contributed by atoms with van der Waals surface area (Å²) in [6.07, 6.45) is 6.74. The zero-order valence-corrected chi connectivity index (χ0v) is 19.0. The fraction of sp³-hybridized carbons (Fsp3) is 0.318. The van der Waals surface area contributed by atoms with E-state index >= 15 is 0 Å². The summed E-state index contributed by atoms with van der Waals surface area (Å²) in [4.78, 5) is 16.4. The number of amides is 1. The van der Waals surface area contributed by atoms with Crippen molar-refractivity contribution in [2.24, 2.45) is 5.92 Å². The fourth-order valence-corrected chi connectivity index (χ4v) is 5.67. The van der Waals surface area contributed by atoms with Crippen molar-refractivity contribution in [3.63, 3.8) is 0 Å². The summed E-state index contributed by atoms with van der Waals surface area (Å²) in [6.45, 7) is 1.09. The minimum Gasteiger partial charge on any atom is -0.356 e. The molecule has 1 aliphatic heterocycles. The maximum absolute atomic E-state index is 12.8. The number of hydrogen-bond acceptors (Lipinski definition) is 5. The summed E-state index contributed by atoms with van der Waals surface area (Å²) in [7, 11) is -3.71. The second-order valence-electron chi connectivity index (χ2n) is 7.63. The first-order chi connectivity index (χ1) is 15.4. The first-order valence-electron chi connectivity index (χ1n) is 10.4. The van der Waals surface area contributed by atoms with Gasteiger partial charge in [0.15, 0.2) is 0 Å². The molecule has 0 saturated carbocycles. The Balaban J connectivity index is 1.25. The first kappa shape index (κ1) is 22.4. The van der Waals surface area contributed by atoms with Gasteiger partial charge in [-0.1, -0.05) is 23.7 Å². The summed E-state index contributed by atoms with van der Waals surface area (Å²) in [5.41, 5.74) is 2.10. The Bertz CT molecular complexity index is 1160. The van der Waals surface area contributed by atoms with Crippen molar-refractivity contribution in [1.29, 1.82) is 0 Å². The maximum Gasteiger partial charge on any atom is 0.246 e. The Morgan fingerprint density at radius 2 is 1.84 bits per heavy atom. The monoisotopic (exact) mass is 473 g/mol. The average Bonchev–Trinajstić information content (AvgIpc) is 3.35. The molecular formula is C22H24ClN5O3S. The second-order valence-corrected chi connectivity index (χ2v) is 9.89. The number of piperidine rings is 1. The molecule has 1 aromatic carbocycles. The van der Waals surface area contributed by atoms with Crippen LogP contribution in [-0.4, -0.2) is 53.0 Å². The van der Waals surface area contributed by atoms with Crippen LogP contribution in [0.2, 0.25) is 5.15 Å². The van der Waals surface area contributed by atoms with Gasteiger partial charge >= 0.3 is 0 Å². The third-order valence-corrected chi connectivity index (χ3v) is 7.93. The Labute approximate surface area is 192 Å². The van der Waals surface area contributed by atoms with Crippen molar-refractivity contribution in [1.82, 2.24) is 24.4 Å². The highest BCUT2D eigenvalue weighted by atomic mass is 35.5. The molecule has 1 aliphatic rings. The number of hydrogen-bond donors (Lipinski definition) is 1. The predicted molar refractivity (Wildman–Crippen MR) is 121 cm³/mol. The number of pyridine rings is 1. The van der Waals surface area contributed by atoms with Gasteiger partial charge in [0, 0.05) is 44.1 Å². The zero-order valence-electron chi connectivity index (χ0n) is 17.4. The van der Waals surface area contributed by atoms with Crippen LogP contribution in [0.5, 0.6) is 0 Å². The number of carbonyl (C=O) groups excluding carboxylic acids is 1. The molecule has 10 heteroatoms. The van der Waals surface area contributed by atoms with Crippen LogP contribution in [0.15, 0.2) is 66.0 Å². The lowest BCUT2D eigenvalue weighted by molar-refractivity contribution is -0.126. The van der Waals surface area contributed by atoms with Gasteiger partial charge in [-0.25, -0.2) is 18.1 Å². The first-order valence-corrected chi connectivity index (χ1v) is 12.2. The highest BCUT2D eigenvalue weighted by Crippen LogP contribution is 2.27. The Morgan fingerprint density at radius 3 is 2.50 bits per heavy atom. The van der Waals surface area contributed by atoms with Crippen LogP contribution in [0.1, 0.15) is 18.4 Å². The van der Waals surface area contributed by atoms with E-state index in [2.05, 4.69) is 15.4 Å². The standard InChI is InChI=1S/C22H24ClN5O3S/c23-21-20(3-1-11-24-21)32(30,31)27-15-9-18(10-16-27)22(29)25-13-8-17-4-6-19(7-5-17)28-14-2-12-26-28/h1-7,11-12,14,18H,8-10,13,15-16H2,(H,25,29). The van der Waals surface area contributed by atoms with Gasteiger partial charge in [-0.2, -0.15) is 9.40 Å². The molecule has 1 saturated heterocycles. The van der Waals surface area contributed by atoms with E-state index < -0.39 is 10.0 Å². The SMILES string of the molecule is O=C(NCCc1ccc(-n2cccn2)cc1)C1CCN(S(=O)(=O)c2cccnc2Cl)CC1.